The average molecular weight is 435 g/mol. The summed E-state index contributed by atoms with van der Waals surface area (Å²) in [6, 6.07) is 17.6. The van der Waals surface area contributed by atoms with Gasteiger partial charge in [0.1, 0.15) is 0 Å². The van der Waals surface area contributed by atoms with Crippen LogP contribution < -0.4 is 5.32 Å². The van der Waals surface area contributed by atoms with Crippen molar-refractivity contribution in [3.8, 4) is 16.9 Å². The maximum absolute atomic E-state index is 13.1. The van der Waals surface area contributed by atoms with Crippen molar-refractivity contribution in [2.45, 2.75) is 20.4 Å². The summed E-state index contributed by atoms with van der Waals surface area (Å²) >= 11 is 0. The van der Waals surface area contributed by atoms with E-state index in [4.69, 9.17) is 0 Å². The molecule has 162 valence electrons. The Bertz CT molecular complexity index is 1420. The van der Waals surface area contributed by atoms with Gasteiger partial charge in [0.2, 0.25) is 0 Å². The van der Waals surface area contributed by atoms with Crippen LogP contribution in [0.1, 0.15) is 27.3 Å². The molecular weight excluding hydrogens is 412 g/mol. The number of hydrogen-bond donors (Lipinski definition) is 1. The molecule has 0 saturated heterocycles. The lowest BCUT2D eigenvalue weighted by Gasteiger charge is -2.10. The molecular formula is C26H22N6O. The molecule has 2 aromatic carbocycles. The van der Waals surface area contributed by atoms with Gasteiger partial charge < -0.3 is 5.32 Å². The second-order valence-corrected chi connectivity index (χ2v) is 7.90. The lowest BCUT2D eigenvalue weighted by atomic mass is 10.0. The largest absolute Gasteiger partial charge is 0.346 e. The van der Waals surface area contributed by atoms with Gasteiger partial charge in [-0.05, 0) is 49.7 Å². The number of nitrogens with zero attached hydrogens (tertiary/aromatic N) is 5. The molecule has 0 bridgehead atoms. The van der Waals surface area contributed by atoms with Gasteiger partial charge in [0.15, 0.2) is 0 Å². The van der Waals surface area contributed by atoms with Crippen LogP contribution in [0, 0.1) is 13.8 Å². The smallest absolute Gasteiger partial charge is 0.251 e. The molecule has 0 atom stereocenters. The zero-order valence-corrected chi connectivity index (χ0v) is 18.4. The zero-order valence-electron chi connectivity index (χ0n) is 18.4. The minimum Gasteiger partial charge on any atom is -0.346 e. The first-order chi connectivity index (χ1) is 16.1. The number of aromatic nitrogens is 5. The molecule has 0 unspecified atom stereocenters. The molecule has 7 heteroatoms. The molecule has 0 spiro atoms. The van der Waals surface area contributed by atoms with Crippen LogP contribution in [0.15, 0.2) is 79.4 Å². The zero-order chi connectivity index (χ0) is 22.8. The molecule has 5 rings (SSSR count). The van der Waals surface area contributed by atoms with E-state index in [0.29, 0.717) is 17.8 Å². The number of nitrogens with one attached hydrogen (secondary N) is 1. The summed E-state index contributed by atoms with van der Waals surface area (Å²) in [6.45, 7) is 4.17. The highest BCUT2D eigenvalue weighted by molar-refractivity contribution is 6.03. The van der Waals surface area contributed by atoms with Gasteiger partial charge in [0, 0.05) is 28.9 Å². The monoisotopic (exact) mass is 434 g/mol. The van der Waals surface area contributed by atoms with Gasteiger partial charge in [-0.15, -0.1) is 0 Å². The molecule has 0 fully saturated rings. The maximum atomic E-state index is 13.1. The number of para-hydroxylation sites is 1. The Labute approximate surface area is 191 Å². The fourth-order valence-electron chi connectivity index (χ4n) is 3.66. The highest BCUT2D eigenvalue weighted by Crippen LogP contribution is 2.30. The second kappa shape index (κ2) is 8.63. The van der Waals surface area contributed by atoms with E-state index < -0.39 is 0 Å². The van der Waals surface area contributed by atoms with Gasteiger partial charge in [-0.3, -0.25) is 19.7 Å². The summed E-state index contributed by atoms with van der Waals surface area (Å²) in [5.74, 6) is -0.201. The summed E-state index contributed by atoms with van der Waals surface area (Å²) in [5.41, 5.74) is 6.53. The van der Waals surface area contributed by atoms with Gasteiger partial charge in [-0.2, -0.15) is 5.10 Å². The summed E-state index contributed by atoms with van der Waals surface area (Å²) < 4.78 is 1.84. The molecule has 0 aliphatic carbocycles. The van der Waals surface area contributed by atoms with Crippen LogP contribution in [0.2, 0.25) is 0 Å². The number of amides is 1. The highest BCUT2D eigenvalue weighted by Gasteiger charge is 2.16. The van der Waals surface area contributed by atoms with Crippen molar-refractivity contribution >= 4 is 16.8 Å². The Morgan fingerprint density at radius 1 is 0.909 bits per heavy atom. The number of carbonyl (C=O) groups is 1. The third-order valence-electron chi connectivity index (χ3n) is 5.40. The first kappa shape index (κ1) is 20.5. The van der Waals surface area contributed by atoms with Crippen LogP contribution in [0.25, 0.3) is 27.8 Å². The quantitative estimate of drug-likeness (QED) is 0.442. The van der Waals surface area contributed by atoms with Crippen LogP contribution in [-0.4, -0.2) is 30.6 Å². The van der Waals surface area contributed by atoms with Crippen LogP contribution in [0.5, 0.6) is 0 Å². The fraction of sp³-hybridized carbons (Fsp3) is 0.115. The van der Waals surface area contributed by atoms with Gasteiger partial charge in [-0.1, -0.05) is 24.3 Å². The normalized spacial score (nSPS) is 11.0. The van der Waals surface area contributed by atoms with Crippen molar-refractivity contribution < 1.29 is 4.79 Å². The number of carbonyl (C=O) groups excluding carboxylic acids is 1. The van der Waals surface area contributed by atoms with Crippen molar-refractivity contribution in [3.63, 3.8) is 0 Å². The fourth-order valence-corrected chi connectivity index (χ4v) is 3.66. The van der Waals surface area contributed by atoms with Gasteiger partial charge >= 0.3 is 0 Å². The lowest BCUT2D eigenvalue weighted by Crippen LogP contribution is -2.23. The molecule has 0 saturated carbocycles. The van der Waals surface area contributed by atoms with Crippen molar-refractivity contribution in [2.75, 3.05) is 0 Å². The minimum absolute atomic E-state index is 0.201. The second-order valence-electron chi connectivity index (χ2n) is 7.90. The lowest BCUT2D eigenvalue weighted by molar-refractivity contribution is 0.0950. The Hall–Kier alpha value is -4.39. The number of benzene rings is 2. The van der Waals surface area contributed by atoms with Gasteiger partial charge in [0.25, 0.3) is 5.91 Å². The van der Waals surface area contributed by atoms with Crippen molar-refractivity contribution in [3.05, 3.63) is 102 Å². The highest BCUT2D eigenvalue weighted by atomic mass is 16.1. The SMILES string of the molecule is Cc1ccc(-c2cc(C(=O)NCc3cnc(C)cn3)cc3c2cnn3-c2ccccc2)nc1. The van der Waals surface area contributed by atoms with E-state index in [2.05, 4.69) is 25.4 Å². The van der Waals surface area contributed by atoms with Gasteiger partial charge in [0.05, 0.1) is 47.2 Å². The van der Waals surface area contributed by atoms with Crippen LogP contribution in [0.4, 0.5) is 0 Å². The molecule has 1 N–H and O–H groups in total. The van der Waals surface area contributed by atoms with E-state index in [0.717, 1.165) is 39.1 Å². The van der Waals surface area contributed by atoms with Crippen molar-refractivity contribution in [2.24, 2.45) is 0 Å². The molecule has 5 aromatic rings. The average Bonchev–Trinajstić information content (AvgIpc) is 3.28. The molecule has 3 heterocycles. The summed E-state index contributed by atoms with van der Waals surface area (Å²) in [4.78, 5) is 26.3. The Kier molecular flexibility index (Phi) is 5.36. The van der Waals surface area contributed by atoms with Gasteiger partial charge in [-0.25, -0.2) is 4.68 Å². The summed E-state index contributed by atoms with van der Waals surface area (Å²) in [5, 5.41) is 8.48. The molecule has 0 aliphatic heterocycles. The molecule has 33 heavy (non-hydrogen) atoms. The molecule has 3 aromatic heterocycles. The number of aryl methyl sites for hydroxylation is 2. The minimum atomic E-state index is -0.201. The van der Waals surface area contributed by atoms with E-state index in [1.54, 1.807) is 12.4 Å². The van der Waals surface area contributed by atoms with Crippen LogP contribution in [-0.2, 0) is 6.54 Å². The Balaban J connectivity index is 1.58. The first-order valence-corrected chi connectivity index (χ1v) is 10.6. The van der Waals surface area contributed by atoms with E-state index in [1.165, 1.54) is 0 Å². The Morgan fingerprint density at radius 2 is 1.76 bits per heavy atom. The third kappa shape index (κ3) is 4.21. The van der Waals surface area contributed by atoms with Crippen LogP contribution in [0.3, 0.4) is 0 Å². The maximum Gasteiger partial charge on any atom is 0.251 e. The van der Waals surface area contributed by atoms with E-state index in [9.17, 15) is 4.79 Å². The summed E-state index contributed by atoms with van der Waals surface area (Å²) in [6.07, 6.45) is 7.01. The number of fused-ring (bicyclic) bond motifs is 1. The first-order valence-electron chi connectivity index (χ1n) is 10.6. The van der Waals surface area contributed by atoms with Crippen molar-refractivity contribution in [1.29, 1.82) is 0 Å². The standard InChI is InChI=1S/C26H22N6O/c1-17-8-9-24(29-12-17)22-10-19(26(33)30-15-20-14-27-18(2)13-28-20)11-25-23(22)16-31-32(25)21-6-4-3-5-7-21/h3-14,16H,15H2,1-2H3,(H,30,33). The van der Waals surface area contributed by atoms with E-state index >= 15 is 0 Å². The summed E-state index contributed by atoms with van der Waals surface area (Å²) in [7, 11) is 0. The predicted octanol–water partition coefficient (Wildman–Crippen LogP) is 4.42. The molecule has 1 amide bonds. The van der Waals surface area contributed by atoms with E-state index in [-0.39, 0.29) is 5.91 Å². The number of hydrogen-bond acceptors (Lipinski definition) is 5. The predicted molar refractivity (Wildman–Crippen MR) is 127 cm³/mol. The molecule has 0 radical (unpaired) electrons. The number of rotatable bonds is 5. The topological polar surface area (TPSA) is 85.6 Å². The van der Waals surface area contributed by atoms with Crippen molar-refractivity contribution in [1.82, 2.24) is 30.0 Å². The Morgan fingerprint density at radius 3 is 2.48 bits per heavy atom. The third-order valence-corrected chi connectivity index (χ3v) is 5.40. The molecule has 0 aliphatic rings. The van der Waals surface area contributed by atoms with E-state index in [1.807, 2.05) is 85.5 Å². The number of pyridine rings is 1. The molecule has 7 nitrogen and oxygen atoms in total. The van der Waals surface area contributed by atoms with Crippen LogP contribution >= 0.6 is 0 Å².